The smallest absolute Gasteiger partial charge is 0.317 e. The van der Waals surface area contributed by atoms with Crippen molar-refractivity contribution < 1.29 is 13.2 Å². The summed E-state index contributed by atoms with van der Waals surface area (Å²) in [6.07, 6.45) is 1.71. The topological polar surface area (TPSA) is 42.7 Å². The number of nitrogens with zero attached hydrogens (tertiary/aromatic N) is 3. The van der Waals surface area contributed by atoms with Crippen molar-refractivity contribution in [2.75, 3.05) is 0 Å². The Hall–Kier alpha value is -1.11. The first-order valence-electron chi connectivity index (χ1n) is 8.15. The Labute approximate surface area is 128 Å². The first kappa shape index (κ1) is 15.8. The molecule has 2 aliphatic carbocycles. The van der Waals surface area contributed by atoms with Crippen LogP contribution in [0.4, 0.5) is 13.2 Å². The van der Waals surface area contributed by atoms with Gasteiger partial charge in [-0.05, 0) is 25.7 Å². The Morgan fingerprint density at radius 1 is 1.09 bits per heavy atom. The Morgan fingerprint density at radius 2 is 1.82 bits per heavy atom. The second kappa shape index (κ2) is 6.18. The van der Waals surface area contributed by atoms with Crippen LogP contribution in [0.1, 0.15) is 62.5 Å². The van der Waals surface area contributed by atoms with Crippen molar-refractivity contribution in [1.82, 2.24) is 20.1 Å². The quantitative estimate of drug-likeness (QED) is 0.927. The third-order valence-corrected chi connectivity index (χ3v) is 5.18. The van der Waals surface area contributed by atoms with Crippen molar-refractivity contribution in [2.24, 2.45) is 13.0 Å². The molecular formula is C15H23F3N4. The number of hydrogen-bond acceptors (Lipinski definition) is 3. The maximum absolute atomic E-state index is 13.1. The van der Waals surface area contributed by atoms with Crippen LogP contribution in [-0.4, -0.2) is 27.0 Å². The van der Waals surface area contributed by atoms with E-state index in [2.05, 4.69) is 15.5 Å². The summed E-state index contributed by atoms with van der Waals surface area (Å²) < 4.78 is 41.2. The molecule has 0 aromatic carbocycles. The van der Waals surface area contributed by atoms with E-state index in [9.17, 15) is 13.2 Å². The number of halogens is 3. The van der Waals surface area contributed by atoms with Crippen molar-refractivity contribution in [3.63, 3.8) is 0 Å². The first-order valence-corrected chi connectivity index (χ1v) is 8.15. The van der Waals surface area contributed by atoms with Gasteiger partial charge in [-0.2, -0.15) is 13.2 Å². The summed E-state index contributed by atoms with van der Waals surface area (Å²) in [7, 11) is 1.91. The Balaban J connectivity index is 1.62. The minimum atomic E-state index is -4.12. The van der Waals surface area contributed by atoms with Gasteiger partial charge in [-0.25, -0.2) is 0 Å². The van der Waals surface area contributed by atoms with Crippen molar-refractivity contribution >= 4 is 0 Å². The molecule has 2 unspecified atom stereocenters. The van der Waals surface area contributed by atoms with E-state index in [0.29, 0.717) is 25.3 Å². The summed E-state index contributed by atoms with van der Waals surface area (Å²) in [6.45, 7) is 0.355. The lowest BCUT2D eigenvalue weighted by Gasteiger charge is -2.33. The molecule has 7 heteroatoms. The predicted octanol–water partition coefficient (Wildman–Crippen LogP) is 3.29. The maximum atomic E-state index is 13.1. The third kappa shape index (κ3) is 3.14. The molecule has 3 rings (SSSR count). The summed E-state index contributed by atoms with van der Waals surface area (Å²) in [5.41, 5.74) is 0. The van der Waals surface area contributed by atoms with Gasteiger partial charge in [0.2, 0.25) is 0 Å². The van der Waals surface area contributed by atoms with Gasteiger partial charge in [-0.15, -0.1) is 10.2 Å². The zero-order valence-electron chi connectivity index (χ0n) is 12.9. The van der Waals surface area contributed by atoms with Crippen LogP contribution in [0, 0.1) is 5.92 Å². The van der Waals surface area contributed by atoms with Gasteiger partial charge in [0.15, 0.2) is 0 Å². The SMILES string of the molecule is Cn1c(CNC2CCCCC2C(F)(F)F)nnc1C1CCC1. The van der Waals surface area contributed by atoms with Gasteiger partial charge in [0.25, 0.3) is 0 Å². The van der Waals surface area contributed by atoms with Crippen LogP contribution >= 0.6 is 0 Å². The minimum absolute atomic E-state index is 0.229. The number of hydrogen-bond donors (Lipinski definition) is 1. The summed E-state index contributed by atoms with van der Waals surface area (Å²) in [4.78, 5) is 0. The predicted molar refractivity (Wildman–Crippen MR) is 76.2 cm³/mol. The van der Waals surface area contributed by atoms with E-state index >= 15 is 0 Å². The van der Waals surface area contributed by atoms with E-state index in [4.69, 9.17) is 0 Å². The Kier molecular flexibility index (Phi) is 4.43. The molecule has 1 N–H and O–H groups in total. The van der Waals surface area contributed by atoms with Gasteiger partial charge in [0.1, 0.15) is 11.6 Å². The number of rotatable bonds is 4. The van der Waals surface area contributed by atoms with Crippen LogP contribution in [0.3, 0.4) is 0 Å². The third-order valence-electron chi connectivity index (χ3n) is 5.18. The molecule has 2 aliphatic rings. The lowest BCUT2D eigenvalue weighted by Crippen LogP contribution is -2.45. The Morgan fingerprint density at radius 3 is 2.45 bits per heavy atom. The highest BCUT2D eigenvalue weighted by atomic mass is 19.4. The molecule has 0 aliphatic heterocycles. The van der Waals surface area contributed by atoms with E-state index in [-0.39, 0.29) is 6.42 Å². The summed E-state index contributed by atoms with van der Waals surface area (Å²) in [6, 6.07) is -0.502. The highest BCUT2D eigenvalue weighted by Gasteiger charge is 2.45. The monoisotopic (exact) mass is 316 g/mol. The van der Waals surface area contributed by atoms with E-state index in [1.165, 1.54) is 6.42 Å². The summed E-state index contributed by atoms with van der Waals surface area (Å²) in [5.74, 6) is 0.942. The van der Waals surface area contributed by atoms with Crippen molar-refractivity contribution in [2.45, 2.75) is 69.6 Å². The normalized spacial score (nSPS) is 26.9. The van der Waals surface area contributed by atoms with Crippen LogP contribution in [0.15, 0.2) is 0 Å². The molecule has 1 heterocycles. The average Bonchev–Trinajstić information content (AvgIpc) is 2.76. The molecule has 1 aromatic heterocycles. The second-order valence-corrected chi connectivity index (χ2v) is 6.58. The van der Waals surface area contributed by atoms with Gasteiger partial charge < -0.3 is 9.88 Å². The first-order chi connectivity index (χ1) is 10.5. The largest absolute Gasteiger partial charge is 0.393 e. The molecule has 2 atom stereocenters. The minimum Gasteiger partial charge on any atom is -0.317 e. The fourth-order valence-electron chi connectivity index (χ4n) is 3.54. The summed E-state index contributed by atoms with van der Waals surface area (Å²) in [5, 5.41) is 11.5. The molecule has 2 fully saturated rings. The Bertz CT molecular complexity index is 507. The lowest BCUT2D eigenvalue weighted by atomic mass is 9.84. The molecular weight excluding hydrogens is 293 g/mol. The van der Waals surface area contributed by atoms with E-state index in [0.717, 1.165) is 30.9 Å². The van der Waals surface area contributed by atoms with Crippen LogP contribution in [0.2, 0.25) is 0 Å². The van der Waals surface area contributed by atoms with Gasteiger partial charge in [0, 0.05) is 19.0 Å². The molecule has 0 radical (unpaired) electrons. The molecule has 22 heavy (non-hydrogen) atoms. The van der Waals surface area contributed by atoms with Crippen LogP contribution in [0.25, 0.3) is 0 Å². The molecule has 0 spiro atoms. The number of nitrogens with one attached hydrogen (secondary N) is 1. The highest BCUT2D eigenvalue weighted by Crippen LogP contribution is 2.38. The van der Waals surface area contributed by atoms with E-state index < -0.39 is 18.1 Å². The van der Waals surface area contributed by atoms with E-state index in [1.807, 2.05) is 11.6 Å². The second-order valence-electron chi connectivity index (χ2n) is 6.58. The van der Waals surface area contributed by atoms with Crippen molar-refractivity contribution in [3.8, 4) is 0 Å². The zero-order valence-corrected chi connectivity index (χ0v) is 12.9. The number of alkyl halides is 3. The van der Waals surface area contributed by atoms with Gasteiger partial charge in [-0.1, -0.05) is 19.3 Å². The zero-order chi connectivity index (χ0) is 15.7. The van der Waals surface area contributed by atoms with Crippen LogP contribution < -0.4 is 5.32 Å². The molecule has 0 bridgehead atoms. The fourth-order valence-corrected chi connectivity index (χ4v) is 3.54. The van der Waals surface area contributed by atoms with Gasteiger partial charge in [-0.3, -0.25) is 0 Å². The van der Waals surface area contributed by atoms with Gasteiger partial charge in [0.05, 0.1) is 12.5 Å². The lowest BCUT2D eigenvalue weighted by molar-refractivity contribution is -0.189. The van der Waals surface area contributed by atoms with Crippen LogP contribution in [-0.2, 0) is 13.6 Å². The molecule has 4 nitrogen and oxygen atoms in total. The summed E-state index contributed by atoms with van der Waals surface area (Å²) >= 11 is 0. The molecule has 124 valence electrons. The average molecular weight is 316 g/mol. The van der Waals surface area contributed by atoms with Gasteiger partial charge >= 0.3 is 6.18 Å². The van der Waals surface area contributed by atoms with Crippen molar-refractivity contribution in [3.05, 3.63) is 11.6 Å². The fraction of sp³-hybridized carbons (Fsp3) is 0.867. The highest BCUT2D eigenvalue weighted by molar-refractivity contribution is 5.05. The molecule has 0 saturated heterocycles. The standard InChI is InChI=1S/C15H23F3N4/c1-22-13(20-21-14(22)10-5-4-6-10)9-19-12-8-3-2-7-11(12)15(16,17)18/h10-12,19H,2-9H2,1H3. The molecule has 1 aromatic rings. The van der Waals surface area contributed by atoms with Crippen LogP contribution in [0.5, 0.6) is 0 Å². The maximum Gasteiger partial charge on any atom is 0.393 e. The number of aromatic nitrogens is 3. The van der Waals surface area contributed by atoms with Crippen molar-refractivity contribution in [1.29, 1.82) is 0 Å². The molecule has 2 saturated carbocycles. The molecule has 0 amide bonds. The van der Waals surface area contributed by atoms with E-state index in [1.54, 1.807) is 0 Å².